The van der Waals surface area contributed by atoms with Crippen LogP contribution in [0.4, 0.5) is 5.69 Å². The number of piperidine rings is 1. The van der Waals surface area contributed by atoms with E-state index in [1.807, 2.05) is 23.6 Å². The minimum absolute atomic E-state index is 0.0758. The van der Waals surface area contributed by atoms with Crippen LogP contribution in [0.25, 0.3) is 10.2 Å². The van der Waals surface area contributed by atoms with Crippen LogP contribution in [-0.4, -0.2) is 33.7 Å². The van der Waals surface area contributed by atoms with Gasteiger partial charge in [-0.3, -0.25) is 9.48 Å². The molecule has 3 heterocycles. The molecule has 1 amide bonds. The van der Waals surface area contributed by atoms with Crippen LogP contribution >= 0.6 is 11.3 Å². The van der Waals surface area contributed by atoms with Crippen molar-refractivity contribution in [1.82, 2.24) is 14.7 Å². The number of amides is 1. The van der Waals surface area contributed by atoms with Gasteiger partial charge in [0.1, 0.15) is 9.71 Å². The van der Waals surface area contributed by atoms with Crippen LogP contribution in [0.1, 0.15) is 35.6 Å². The lowest BCUT2D eigenvalue weighted by Crippen LogP contribution is -2.42. The molecule has 0 radical (unpaired) electrons. The van der Waals surface area contributed by atoms with Crippen molar-refractivity contribution in [3.05, 3.63) is 10.6 Å². The molecule has 1 saturated heterocycles. The molecule has 0 saturated carbocycles. The van der Waals surface area contributed by atoms with Gasteiger partial charge in [0.2, 0.25) is 0 Å². The first-order valence-electron chi connectivity index (χ1n) is 7.41. The number of hydrogen-bond donors (Lipinski definition) is 1. The summed E-state index contributed by atoms with van der Waals surface area (Å²) in [5.74, 6) is 1.30. The second-order valence-electron chi connectivity index (χ2n) is 6.23. The lowest BCUT2D eigenvalue weighted by Gasteiger charge is -2.35. The number of thiophene rings is 1. The second-order valence-corrected chi connectivity index (χ2v) is 7.23. The number of anilines is 1. The molecule has 2 aromatic heterocycles. The van der Waals surface area contributed by atoms with E-state index >= 15 is 0 Å². The summed E-state index contributed by atoms with van der Waals surface area (Å²) in [7, 11) is 1.89. The zero-order valence-electron chi connectivity index (χ0n) is 13.0. The molecule has 0 aromatic carbocycles. The molecule has 5 nitrogen and oxygen atoms in total. The molecule has 1 aliphatic heterocycles. The average Bonchev–Trinajstić information content (AvgIpc) is 2.92. The Balaban J connectivity index is 1.95. The highest BCUT2D eigenvalue weighted by Gasteiger charge is 2.29. The minimum atomic E-state index is 0.0758. The van der Waals surface area contributed by atoms with E-state index in [0.717, 1.165) is 35.4 Å². The molecule has 1 fully saturated rings. The number of nitrogen functional groups attached to an aromatic ring is 1. The first kappa shape index (κ1) is 14.4. The SMILES string of the molecule is Cc1nn(C)c2sc(C(=O)N3CCC(C)C(C)C3)c(N)c12. The highest BCUT2D eigenvalue weighted by molar-refractivity contribution is 7.21. The maximum absolute atomic E-state index is 12.8. The van der Waals surface area contributed by atoms with E-state index in [1.54, 1.807) is 0 Å². The first-order chi connectivity index (χ1) is 9.90. The molecular weight excluding hydrogens is 284 g/mol. The summed E-state index contributed by atoms with van der Waals surface area (Å²) in [6.45, 7) is 8.06. The number of aryl methyl sites for hydroxylation is 2. The average molecular weight is 306 g/mol. The molecule has 21 heavy (non-hydrogen) atoms. The lowest BCUT2D eigenvalue weighted by molar-refractivity contribution is 0.0633. The van der Waals surface area contributed by atoms with Crippen molar-refractivity contribution in [3.63, 3.8) is 0 Å². The van der Waals surface area contributed by atoms with Gasteiger partial charge in [-0.15, -0.1) is 11.3 Å². The number of aromatic nitrogens is 2. The molecule has 6 heteroatoms. The van der Waals surface area contributed by atoms with Gasteiger partial charge in [0.15, 0.2) is 0 Å². The van der Waals surface area contributed by atoms with Crippen LogP contribution in [0.15, 0.2) is 0 Å². The predicted octanol–water partition coefficient (Wildman–Crippen LogP) is 2.64. The van der Waals surface area contributed by atoms with Crippen LogP contribution in [0.5, 0.6) is 0 Å². The third-order valence-electron chi connectivity index (χ3n) is 4.70. The third-order valence-corrected chi connectivity index (χ3v) is 5.96. The summed E-state index contributed by atoms with van der Waals surface area (Å²) < 4.78 is 1.81. The van der Waals surface area contributed by atoms with Gasteiger partial charge in [0.05, 0.1) is 16.8 Å². The number of carbonyl (C=O) groups is 1. The highest BCUT2D eigenvalue weighted by atomic mass is 32.1. The molecular formula is C15H22N4OS. The van der Waals surface area contributed by atoms with Crippen LogP contribution < -0.4 is 5.73 Å². The molecule has 1 aliphatic rings. The van der Waals surface area contributed by atoms with Crippen LogP contribution in [-0.2, 0) is 7.05 Å². The van der Waals surface area contributed by atoms with E-state index in [4.69, 9.17) is 5.73 Å². The fourth-order valence-electron chi connectivity index (χ4n) is 3.08. The molecule has 0 spiro atoms. The van der Waals surface area contributed by atoms with Gasteiger partial charge in [-0.25, -0.2) is 0 Å². The monoisotopic (exact) mass is 306 g/mol. The zero-order chi connectivity index (χ0) is 15.3. The molecule has 2 N–H and O–H groups in total. The summed E-state index contributed by atoms with van der Waals surface area (Å²) in [5, 5.41) is 5.30. The smallest absolute Gasteiger partial charge is 0.266 e. The number of nitrogens with two attached hydrogens (primary N) is 1. The molecule has 3 rings (SSSR count). The van der Waals surface area contributed by atoms with Crippen molar-refractivity contribution in [2.24, 2.45) is 18.9 Å². The van der Waals surface area contributed by atoms with Crippen LogP contribution in [0, 0.1) is 18.8 Å². The summed E-state index contributed by atoms with van der Waals surface area (Å²) in [6.07, 6.45) is 1.07. The molecule has 2 aromatic rings. The van der Waals surface area contributed by atoms with Gasteiger partial charge >= 0.3 is 0 Å². The highest BCUT2D eigenvalue weighted by Crippen LogP contribution is 2.37. The molecule has 0 aliphatic carbocycles. The van der Waals surface area contributed by atoms with Gasteiger partial charge < -0.3 is 10.6 Å². The third kappa shape index (κ3) is 2.21. The Kier molecular flexibility index (Phi) is 3.43. The maximum Gasteiger partial charge on any atom is 0.266 e. The van der Waals surface area contributed by atoms with Crippen LogP contribution in [0.3, 0.4) is 0 Å². The Hall–Kier alpha value is -1.56. The second kappa shape index (κ2) is 5.02. The number of likely N-dealkylation sites (tertiary alicyclic amines) is 1. The van der Waals surface area contributed by atoms with Crippen molar-refractivity contribution in [3.8, 4) is 0 Å². The maximum atomic E-state index is 12.8. The van der Waals surface area contributed by atoms with E-state index < -0.39 is 0 Å². The number of fused-ring (bicyclic) bond motifs is 1. The largest absolute Gasteiger partial charge is 0.397 e. The van der Waals surface area contributed by atoms with Crippen molar-refractivity contribution >= 4 is 33.1 Å². The quantitative estimate of drug-likeness (QED) is 0.881. The van der Waals surface area contributed by atoms with Crippen molar-refractivity contribution < 1.29 is 4.79 Å². The van der Waals surface area contributed by atoms with E-state index in [-0.39, 0.29) is 5.91 Å². The molecule has 114 valence electrons. The summed E-state index contributed by atoms with van der Waals surface area (Å²) >= 11 is 1.46. The Morgan fingerprint density at radius 2 is 2.10 bits per heavy atom. The molecule has 2 unspecified atom stereocenters. The molecule has 0 bridgehead atoms. The van der Waals surface area contributed by atoms with Crippen molar-refractivity contribution in [2.45, 2.75) is 27.2 Å². The van der Waals surface area contributed by atoms with Crippen molar-refractivity contribution in [1.29, 1.82) is 0 Å². The standard InChI is InChI=1S/C15H22N4OS/c1-8-5-6-19(7-9(8)2)14(20)13-12(16)11-10(3)17-18(4)15(11)21-13/h8-9H,5-7,16H2,1-4H3. The van der Waals surface area contributed by atoms with Gasteiger partial charge in [-0.1, -0.05) is 13.8 Å². The Morgan fingerprint density at radius 3 is 2.71 bits per heavy atom. The number of nitrogens with zero attached hydrogens (tertiary/aromatic N) is 3. The Bertz CT molecular complexity index is 702. The predicted molar refractivity (Wildman–Crippen MR) is 86.6 cm³/mol. The van der Waals surface area contributed by atoms with Crippen molar-refractivity contribution in [2.75, 3.05) is 18.8 Å². The summed E-state index contributed by atoms with van der Waals surface area (Å²) in [5.41, 5.74) is 7.72. The zero-order valence-corrected chi connectivity index (χ0v) is 13.8. The van der Waals surface area contributed by atoms with Gasteiger partial charge in [0, 0.05) is 20.1 Å². The minimum Gasteiger partial charge on any atom is -0.397 e. The normalized spacial score (nSPS) is 23.0. The Morgan fingerprint density at radius 1 is 1.38 bits per heavy atom. The van der Waals surface area contributed by atoms with E-state index in [1.165, 1.54) is 11.3 Å². The Labute approximate surface area is 128 Å². The summed E-state index contributed by atoms with van der Waals surface area (Å²) in [6, 6.07) is 0. The fraction of sp³-hybridized carbons (Fsp3) is 0.600. The van der Waals surface area contributed by atoms with E-state index in [0.29, 0.717) is 22.4 Å². The van der Waals surface area contributed by atoms with Gasteiger partial charge in [-0.2, -0.15) is 5.10 Å². The number of carbonyl (C=O) groups excluding carboxylic acids is 1. The number of rotatable bonds is 1. The van der Waals surface area contributed by atoms with Gasteiger partial charge in [-0.05, 0) is 25.2 Å². The van der Waals surface area contributed by atoms with Gasteiger partial charge in [0.25, 0.3) is 5.91 Å². The lowest BCUT2D eigenvalue weighted by atomic mass is 9.88. The fourth-order valence-corrected chi connectivity index (χ4v) is 4.23. The number of hydrogen-bond acceptors (Lipinski definition) is 4. The summed E-state index contributed by atoms with van der Waals surface area (Å²) in [4.78, 5) is 16.4. The first-order valence-corrected chi connectivity index (χ1v) is 8.22. The van der Waals surface area contributed by atoms with E-state index in [9.17, 15) is 4.79 Å². The molecule has 2 atom stereocenters. The van der Waals surface area contributed by atoms with Crippen LogP contribution in [0.2, 0.25) is 0 Å². The van der Waals surface area contributed by atoms with E-state index in [2.05, 4.69) is 18.9 Å². The topological polar surface area (TPSA) is 64.2 Å².